The van der Waals surface area contributed by atoms with Crippen molar-refractivity contribution in [2.24, 2.45) is 0 Å². The summed E-state index contributed by atoms with van der Waals surface area (Å²) in [6.45, 7) is 3.34. The standard InChI is InChI=1S/C23H29N3O5S/c1-30-21-10-7-18(13-22(21)32(28,29)25-19-8-9-19)23(27)24-14-20-16-26(11-12-31-20)15-17-5-3-2-4-6-17/h2-7,10,13,19-20,25H,8-9,11-12,14-16H2,1H3,(H,24,27). The van der Waals surface area contributed by atoms with Crippen molar-refractivity contribution in [3.05, 3.63) is 59.7 Å². The summed E-state index contributed by atoms with van der Waals surface area (Å²) in [5, 5.41) is 2.88. The molecule has 1 atom stereocenters. The van der Waals surface area contributed by atoms with Crippen LogP contribution in [0.25, 0.3) is 0 Å². The van der Waals surface area contributed by atoms with Crippen molar-refractivity contribution in [1.29, 1.82) is 0 Å². The molecule has 0 aromatic heterocycles. The van der Waals surface area contributed by atoms with Crippen LogP contribution in [0.2, 0.25) is 0 Å². The van der Waals surface area contributed by atoms with Gasteiger partial charge in [0.15, 0.2) is 0 Å². The first kappa shape index (κ1) is 22.7. The Morgan fingerprint density at radius 1 is 1.19 bits per heavy atom. The fourth-order valence-electron chi connectivity index (χ4n) is 3.71. The SMILES string of the molecule is COc1ccc(C(=O)NCC2CN(Cc3ccccc3)CCO2)cc1S(=O)(=O)NC1CC1. The predicted octanol–water partition coefficient (Wildman–Crippen LogP) is 1.77. The number of nitrogens with one attached hydrogen (secondary N) is 2. The molecular weight excluding hydrogens is 430 g/mol. The molecule has 8 nitrogen and oxygen atoms in total. The topological polar surface area (TPSA) is 97.0 Å². The van der Waals surface area contributed by atoms with E-state index >= 15 is 0 Å². The highest BCUT2D eigenvalue weighted by molar-refractivity contribution is 7.89. The summed E-state index contributed by atoms with van der Waals surface area (Å²) < 4.78 is 39.0. The van der Waals surface area contributed by atoms with E-state index < -0.39 is 10.0 Å². The van der Waals surface area contributed by atoms with Gasteiger partial charge in [0.25, 0.3) is 5.91 Å². The number of ether oxygens (including phenoxy) is 2. The van der Waals surface area contributed by atoms with Crippen molar-refractivity contribution in [3.8, 4) is 5.75 Å². The van der Waals surface area contributed by atoms with Crippen LogP contribution in [0, 0.1) is 0 Å². The van der Waals surface area contributed by atoms with E-state index in [1.165, 1.54) is 24.8 Å². The average Bonchev–Trinajstić information content (AvgIpc) is 3.61. The average molecular weight is 460 g/mol. The molecule has 9 heteroatoms. The normalized spacial score (nSPS) is 19.5. The van der Waals surface area contributed by atoms with Crippen LogP contribution in [0.5, 0.6) is 5.75 Å². The van der Waals surface area contributed by atoms with Crippen LogP contribution in [-0.4, -0.2) is 64.7 Å². The van der Waals surface area contributed by atoms with E-state index in [0.29, 0.717) is 19.7 Å². The first-order chi connectivity index (χ1) is 15.4. The highest BCUT2D eigenvalue weighted by Gasteiger charge is 2.30. The number of carbonyl (C=O) groups excluding carboxylic acids is 1. The molecule has 0 spiro atoms. The van der Waals surface area contributed by atoms with Gasteiger partial charge in [-0.15, -0.1) is 0 Å². The Kier molecular flexibility index (Phi) is 7.10. The first-order valence-corrected chi connectivity index (χ1v) is 12.3. The second kappa shape index (κ2) is 9.99. The second-order valence-electron chi connectivity index (χ2n) is 8.18. The molecule has 1 heterocycles. The summed E-state index contributed by atoms with van der Waals surface area (Å²) >= 11 is 0. The lowest BCUT2D eigenvalue weighted by molar-refractivity contribution is -0.0292. The van der Waals surface area contributed by atoms with Crippen LogP contribution < -0.4 is 14.8 Å². The molecule has 2 fully saturated rings. The molecule has 1 unspecified atom stereocenters. The number of morpholine rings is 1. The van der Waals surface area contributed by atoms with E-state index in [1.807, 2.05) is 18.2 Å². The van der Waals surface area contributed by atoms with Crippen molar-refractivity contribution < 1.29 is 22.7 Å². The van der Waals surface area contributed by atoms with E-state index in [4.69, 9.17) is 9.47 Å². The summed E-state index contributed by atoms with van der Waals surface area (Å²) in [4.78, 5) is 15.0. The van der Waals surface area contributed by atoms with Crippen molar-refractivity contribution in [1.82, 2.24) is 14.9 Å². The van der Waals surface area contributed by atoms with Gasteiger partial charge in [-0.25, -0.2) is 13.1 Å². The summed E-state index contributed by atoms with van der Waals surface area (Å²) in [7, 11) is -2.35. The fourth-order valence-corrected chi connectivity index (χ4v) is 5.21. The molecule has 2 aromatic rings. The molecule has 0 radical (unpaired) electrons. The van der Waals surface area contributed by atoms with Crippen molar-refractivity contribution >= 4 is 15.9 Å². The van der Waals surface area contributed by atoms with E-state index in [2.05, 4.69) is 27.1 Å². The molecule has 1 amide bonds. The number of hydrogen-bond acceptors (Lipinski definition) is 6. The van der Waals surface area contributed by atoms with Crippen molar-refractivity contribution in [3.63, 3.8) is 0 Å². The number of sulfonamides is 1. The molecule has 1 saturated carbocycles. The maximum Gasteiger partial charge on any atom is 0.251 e. The van der Waals surface area contributed by atoms with E-state index in [9.17, 15) is 13.2 Å². The molecule has 0 bridgehead atoms. The van der Waals surface area contributed by atoms with Crippen LogP contribution in [0.3, 0.4) is 0 Å². The zero-order valence-corrected chi connectivity index (χ0v) is 18.9. The molecule has 32 heavy (non-hydrogen) atoms. The van der Waals surface area contributed by atoms with Gasteiger partial charge in [0.2, 0.25) is 10.0 Å². The fraction of sp³-hybridized carbons (Fsp3) is 0.435. The maximum absolute atomic E-state index is 12.7. The van der Waals surface area contributed by atoms with Gasteiger partial charge in [0.1, 0.15) is 10.6 Å². The van der Waals surface area contributed by atoms with Gasteiger partial charge >= 0.3 is 0 Å². The van der Waals surface area contributed by atoms with Crippen LogP contribution in [0.15, 0.2) is 53.4 Å². The lowest BCUT2D eigenvalue weighted by atomic mass is 10.1. The number of hydrogen-bond donors (Lipinski definition) is 2. The summed E-state index contributed by atoms with van der Waals surface area (Å²) in [6, 6.07) is 14.6. The van der Waals surface area contributed by atoms with Crippen LogP contribution in [0.4, 0.5) is 0 Å². The Labute approximate surface area is 189 Å². The number of nitrogens with zero attached hydrogens (tertiary/aromatic N) is 1. The molecule has 1 saturated heterocycles. The van der Waals surface area contributed by atoms with Crippen molar-refractivity contribution in [2.45, 2.75) is 36.4 Å². The van der Waals surface area contributed by atoms with Crippen LogP contribution in [-0.2, 0) is 21.3 Å². The Balaban J connectivity index is 1.36. The largest absolute Gasteiger partial charge is 0.495 e. The quantitative estimate of drug-likeness (QED) is 0.593. The Morgan fingerprint density at radius 3 is 2.69 bits per heavy atom. The van der Waals surface area contributed by atoms with Gasteiger partial charge in [-0.3, -0.25) is 9.69 Å². The van der Waals surface area contributed by atoms with Gasteiger partial charge in [-0.2, -0.15) is 0 Å². The summed E-state index contributed by atoms with van der Waals surface area (Å²) in [6.07, 6.45) is 1.52. The van der Waals surface area contributed by atoms with Crippen LogP contribution in [0.1, 0.15) is 28.8 Å². The maximum atomic E-state index is 12.7. The minimum atomic E-state index is -3.75. The number of benzene rings is 2. The summed E-state index contributed by atoms with van der Waals surface area (Å²) in [5.74, 6) is -0.138. The minimum Gasteiger partial charge on any atom is -0.495 e. The molecular formula is C23H29N3O5S. The number of carbonyl (C=O) groups is 1. The Morgan fingerprint density at radius 2 is 1.97 bits per heavy atom. The minimum absolute atomic E-state index is 0.0255. The third-order valence-electron chi connectivity index (χ3n) is 5.58. The van der Waals surface area contributed by atoms with Crippen molar-refractivity contribution in [2.75, 3.05) is 33.4 Å². The molecule has 4 rings (SSSR count). The first-order valence-electron chi connectivity index (χ1n) is 10.8. The van der Waals surface area contributed by atoms with E-state index in [1.54, 1.807) is 6.07 Å². The molecule has 172 valence electrons. The number of amides is 1. The van der Waals surface area contributed by atoms with E-state index in [-0.39, 0.29) is 34.3 Å². The number of rotatable bonds is 9. The third-order valence-corrected chi connectivity index (χ3v) is 7.12. The molecule has 1 aliphatic carbocycles. The third kappa shape index (κ3) is 5.86. The van der Waals surface area contributed by atoms with Crippen LogP contribution >= 0.6 is 0 Å². The molecule has 2 N–H and O–H groups in total. The van der Waals surface area contributed by atoms with Gasteiger partial charge in [-0.1, -0.05) is 30.3 Å². The monoisotopic (exact) mass is 459 g/mol. The van der Waals surface area contributed by atoms with E-state index in [0.717, 1.165) is 25.9 Å². The second-order valence-corrected chi connectivity index (χ2v) is 9.87. The Bertz CT molecular complexity index is 1040. The highest BCUT2D eigenvalue weighted by Crippen LogP contribution is 2.28. The smallest absolute Gasteiger partial charge is 0.251 e. The lowest BCUT2D eigenvalue weighted by Crippen LogP contribution is -2.47. The lowest BCUT2D eigenvalue weighted by Gasteiger charge is -2.33. The zero-order chi connectivity index (χ0) is 22.6. The predicted molar refractivity (Wildman–Crippen MR) is 120 cm³/mol. The van der Waals surface area contributed by atoms with Gasteiger partial charge in [0.05, 0.1) is 19.8 Å². The highest BCUT2D eigenvalue weighted by atomic mass is 32.2. The molecule has 2 aliphatic rings. The Hall–Kier alpha value is -2.46. The zero-order valence-electron chi connectivity index (χ0n) is 18.1. The van der Waals surface area contributed by atoms with Gasteiger partial charge < -0.3 is 14.8 Å². The number of methoxy groups -OCH3 is 1. The summed E-state index contributed by atoms with van der Waals surface area (Å²) in [5.41, 5.74) is 1.50. The molecule has 1 aliphatic heterocycles. The van der Waals surface area contributed by atoms with Gasteiger partial charge in [0, 0.05) is 37.8 Å². The molecule has 2 aromatic carbocycles. The van der Waals surface area contributed by atoms with Gasteiger partial charge in [-0.05, 0) is 36.6 Å².